The minimum Gasteiger partial charge on any atom is -0.432 e. The first-order valence-electron chi connectivity index (χ1n) is 7.29. The molecule has 1 N–H and O–H groups in total. The monoisotopic (exact) mass is 306 g/mol. The molecule has 0 aliphatic carbocycles. The van der Waals surface area contributed by atoms with E-state index in [2.05, 4.69) is 9.97 Å². The molecular weight excluding hydrogens is 291 g/mol. The summed E-state index contributed by atoms with van der Waals surface area (Å²) in [5.74, 6) is 0. The summed E-state index contributed by atoms with van der Waals surface area (Å²) in [4.78, 5) is 19.2. The van der Waals surface area contributed by atoms with Crippen LogP contribution in [0.3, 0.4) is 0 Å². The molecule has 0 aliphatic heterocycles. The van der Waals surface area contributed by atoms with Gasteiger partial charge in [-0.25, -0.2) is 0 Å². The molecule has 5 nitrogen and oxygen atoms in total. The minimum atomic E-state index is 0.0109. The number of nitrogens with zero attached hydrogens (tertiary/aromatic N) is 2. The smallest absolute Gasteiger partial charge is 0.309 e. The Kier molecular flexibility index (Phi) is 4.75. The molecule has 0 aliphatic rings. The van der Waals surface area contributed by atoms with Crippen LogP contribution >= 0.6 is 0 Å². The number of carbonyl (C=O) groups excluding carboxylic acids is 1. The summed E-state index contributed by atoms with van der Waals surface area (Å²) in [6.45, 7) is 0.327. The zero-order chi connectivity index (χ0) is 16.1. The number of aldehydes is 1. The summed E-state index contributed by atoms with van der Waals surface area (Å²) < 4.78 is 5.40. The second-order valence-corrected chi connectivity index (χ2v) is 5.07. The van der Waals surface area contributed by atoms with E-state index >= 15 is 0 Å². The normalized spacial score (nSPS) is 10.7. The number of pyridine rings is 2. The first-order chi connectivity index (χ1) is 11.3. The molecule has 0 saturated heterocycles. The van der Waals surface area contributed by atoms with Crippen molar-refractivity contribution in [1.82, 2.24) is 9.97 Å². The van der Waals surface area contributed by atoms with Crippen molar-refractivity contribution in [3.63, 3.8) is 0 Å². The van der Waals surface area contributed by atoms with Crippen molar-refractivity contribution in [1.29, 1.82) is 0 Å². The zero-order valence-corrected chi connectivity index (χ0v) is 12.5. The molecule has 0 unspecified atom stereocenters. The first-order valence-corrected chi connectivity index (χ1v) is 7.29. The van der Waals surface area contributed by atoms with Crippen LogP contribution in [0.2, 0.25) is 0 Å². The molecule has 0 spiro atoms. The van der Waals surface area contributed by atoms with Gasteiger partial charge < -0.3 is 9.76 Å². The van der Waals surface area contributed by atoms with Crippen LogP contribution in [0.4, 0.5) is 0 Å². The Balaban J connectivity index is 1.93. The maximum Gasteiger partial charge on any atom is 0.309 e. The Morgan fingerprint density at radius 1 is 1.17 bits per heavy atom. The van der Waals surface area contributed by atoms with Crippen LogP contribution in [0.1, 0.15) is 10.5 Å². The summed E-state index contributed by atoms with van der Waals surface area (Å²) in [5, 5.41) is 10.9. The van der Waals surface area contributed by atoms with Gasteiger partial charge in [0.25, 0.3) is 0 Å². The van der Waals surface area contributed by atoms with Gasteiger partial charge in [-0.15, -0.1) is 0 Å². The number of rotatable bonds is 6. The van der Waals surface area contributed by atoms with Gasteiger partial charge in [0.05, 0.1) is 18.9 Å². The van der Waals surface area contributed by atoms with Gasteiger partial charge in [0.2, 0.25) is 0 Å². The second kappa shape index (κ2) is 7.13. The van der Waals surface area contributed by atoms with E-state index in [9.17, 15) is 4.79 Å². The van der Waals surface area contributed by atoms with Crippen molar-refractivity contribution in [2.24, 2.45) is 0 Å². The van der Waals surface area contributed by atoms with Crippen molar-refractivity contribution in [3.05, 3.63) is 54.5 Å². The molecule has 0 saturated carbocycles. The van der Waals surface area contributed by atoms with Crippen LogP contribution < -0.4 is 5.46 Å². The van der Waals surface area contributed by atoms with E-state index in [0.29, 0.717) is 19.8 Å². The lowest BCUT2D eigenvalue weighted by molar-refractivity contribution is 0.111. The first kappa shape index (κ1) is 15.3. The number of aliphatic hydroxyl groups excluding tert-OH is 1. The molecule has 0 bridgehead atoms. The highest BCUT2D eigenvalue weighted by Gasteiger charge is 2.07. The molecule has 1 aromatic carbocycles. The molecule has 114 valence electrons. The van der Waals surface area contributed by atoms with E-state index < -0.39 is 0 Å². The number of aliphatic hydroxyl groups is 1. The van der Waals surface area contributed by atoms with Crippen LogP contribution in [-0.4, -0.2) is 42.1 Å². The highest BCUT2D eigenvalue weighted by Crippen LogP contribution is 2.20. The van der Waals surface area contributed by atoms with Crippen molar-refractivity contribution < 1.29 is 14.6 Å². The molecule has 2 aromatic heterocycles. The fraction of sp³-hybridized carbons (Fsp3) is 0.118. The maximum absolute atomic E-state index is 10.7. The van der Waals surface area contributed by atoms with Gasteiger partial charge in [-0.3, -0.25) is 14.8 Å². The van der Waals surface area contributed by atoms with E-state index in [1.165, 1.54) is 0 Å². The van der Waals surface area contributed by atoms with Gasteiger partial charge >= 0.3 is 7.48 Å². The standard InChI is InChI=1S/C17H15BN2O3/c21-6-7-23-18-16-3-1-2-12-8-17(20-10-15(12)16)13-4-5-14(11-22)19-9-13/h1-5,8-11,18,21H,6-7H2. The zero-order valence-electron chi connectivity index (χ0n) is 12.5. The van der Waals surface area contributed by atoms with Crippen LogP contribution in [0.25, 0.3) is 22.0 Å². The fourth-order valence-electron chi connectivity index (χ4n) is 2.39. The van der Waals surface area contributed by atoms with Crippen LogP contribution in [-0.2, 0) is 4.65 Å². The lowest BCUT2D eigenvalue weighted by Crippen LogP contribution is -2.20. The number of hydrogen-bond acceptors (Lipinski definition) is 5. The molecule has 0 radical (unpaired) electrons. The Hall–Kier alpha value is -2.57. The van der Waals surface area contributed by atoms with E-state index in [4.69, 9.17) is 9.76 Å². The predicted octanol–water partition coefficient (Wildman–Crippen LogP) is 1.09. The molecule has 2 heterocycles. The van der Waals surface area contributed by atoms with Gasteiger partial charge in [-0.1, -0.05) is 18.2 Å². The largest absolute Gasteiger partial charge is 0.432 e. The minimum absolute atomic E-state index is 0.0109. The molecule has 23 heavy (non-hydrogen) atoms. The molecule has 3 aromatic rings. The topological polar surface area (TPSA) is 72.3 Å². The molecule has 6 heteroatoms. The Labute approximate surface area is 134 Å². The van der Waals surface area contributed by atoms with Gasteiger partial charge in [-0.05, 0) is 34.4 Å². The molecular formula is C17H15BN2O3. The van der Waals surface area contributed by atoms with Crippen LogP contribution in [0, 0.1) is 0 Å². The Morgan fingerprint density at radius 2 is 2.09 bits per heavy atom. The van der Waals surface area contributed by atoms with Crippen molar-refractivity contribution >= 4 is 30.0 Å². The van der Waals surface area contributed by atoms with E-state index in [1.54, 1.807) is 12.3 Å². The third-order valence-electron chi connectivity index (χ3n) is 3.55. The Bertz CT molecular complexity index is 822. The number of benzene rings is 1. The van der Waals surface area contributed by atoms with Crippen molar-refractivity contribution in [3.8, 4) is 11.3 Å². The molecule has 0 atom stereocenters. The second-order valence-electron chi connectivity index (χ2n) is 5.07. The fourth-order valence-corrected chi connectivity index (χ4v) is 2.39. The van der Waals surface area contributed by atoms with E-state index in [-0.39, 0.29) is 6.61 Å². The van der Waals surface area contributed by atoms with Gasteiger partial charge in [-0.2, -0.15) is 0 Å². The Morgan fingerprint density at radius 3 is 2.83 bits per heavy atom. The number of carbonyl (C=O) groups is 1. The van der Waals surface area contributed by atoms with Crippen LogP contribution in [0.15, 0.2) is 48.8 Å². The summed E-state index contributed by atoms with van der Waals surface area (Å²) in [6, 6.07) is 11.5. The van der Waals surface area contributed by atoms with Crippen molar-refractivity contribution in [2.75, 3.05) is 13.2 Å². The highest BCUT2D eigenvalue weighted by atomic mass is 16.4. The summed E-state index contributed by atoms with van der Waals surface area (Å²) in [5.41, 5.74) is 3.09. The summed E-state index contributed by atoms with van der Waals surface area (Å²) >= 11 is 0. The third-order valence-corrected chi connectivity index (χ3v) is 3.55. The maximum atomic E-state index is 10.7. The summed E-state index contributed by atoms with van der Waals surface area (Å²) in [6.07, 6.45) is 4.18. The SMILES string of the molecule is O=Cc1ccc(-c2cc3cccc(BOCCO)c3cn2)cn1. The average molecular weight is 306 g/mol. The average Bonchev–Trinajstić information content (AvgIpc) is 2.62. The third kappa shape index (κ3) is 3.44. The molecule has 0 fully saturated rings. The van der Waals surface area contributed by atoms with Gasteiger partial charge in [0.15, 0.2) is 6.29 Å². The number of hydrogen-bond donors (Lipinski definition) is 1. The number of aromatic nitrogens is 2. The highest BCUT2D eigenvalue weighted by molar-refractivity contribution is 6.51. The molecule has 0 amide bonds. The summed E-state index contributed by atoms with van der Waals surface area (Å²) in [7, 11) is 0.439. The lowest BCUT2D eigenvalue weighted by Gasteiger charge is -2.07. The van der Waals surface area contributed by atoms with Crippen LogP contribution in [0.5, 0.6) is 0 Å². The predicted molar refractivity (Wildman–Crippen MR) is 90.2 cm³/mol. The number of fused-ring (bicyclic) bond motifs is 1. The lowest BCUT2D eigenvalue weighted by atomic mass is 9.84. The van der Waals surface area contributed by atoms with E-state index in [1.807, 2.05) is 36.5 Å². The van der Waals surface area contributed by atoms with Crippen molar-refractivity contribution in [2.45, 2.75) is 0 Å². The van der Waals surface area contributed by atoms with Gasteiger partial charge in [0.1, 0.15) is 5.69 Å². The molecule has 3 rings (SSSR count). The quantitative estimate of drug-likeness (QED) is 0.419. The van der Waals surface area contributed by atoms with Gasteiger partial charge in [0, 0.05) is 18.0 Å². The van der Waals surface area contributed by atoms with E-state index in [0.717, 1.165) is 33.8 Å².